The first-order valence-electron chi connectivity index (χ1n) is 6.66. The van der Waals surface area contributed by atoms with Crippen molar-refractivity contribution in [3.8, 4) is 11.5 Å². The summed E-state index contributed by atoms with van der Waals surface area (Å²) in [7, 11) is 1.60. The molecule has 0 spiro atoms. The number of benzene rings is 1. The van der Waals surface area contributed by atoms with Crippen LogP contribution in [0.15, 0.2) is 48.8 Å². The van der Waals surface area contributed by atoms with Crippen LogP contribution in [0.1, 0.15) is 12.5 Å². The van der Waals surface area contributed by atoms with Gasteiger partial charge in [-0.05, 0) is 48.9 Å². The number of methoxy groups -OCH3 is 1. The number of aromatic nitrogens is 1. The molecule has 0 radical (unpaired) electrons. The van der Waals surface area contributed by atoms with Gasteiger partial charge in [0.2, 0.25) is 0 Å². The third-order valence-corrected chi connectivity index (χ3v) is 2.96. The summed E-state index contributed by atoms with van der Waals surface area (Å²) in [5, 5.41) is 2.83. The molecule has 1 atom stereocenters. The molecule has 110 valence electrons. The van der Waals surface area contributed by atoms with E-state index in [0.717, 1.165) is 11.3 Å². The number of hydrogen-bond acceptors (Lipinski definition) is 4. The van der Waals surface area contributed by atoms with E-state index in [9.17, 15) is 4.79 Å². The van der Waals surface area contributed by atoms with Gasteiger partial charge < -0.3 is 14.8 Å². The maximum absolute atomic E-state index is 12.0. The molecule has 0 aliphatic heterocycles. The summed E-state index contributed by atoms with van der Waals surface area (Å²) in [6.07, 6.45) is 2.82. The van der Waals surface area contributed by atoms with Crippen molar-refractivity contribution in [1.82, 2.24) is 10.3 Å². The molecule has 2 aromatic rings. The van der Waals surface area contributed by atoms with E-state index in [4.69, 9.17) is 9.47 Å². The Labute approximate surface area is 123 Å². The fraction of sp³-hybridized carbons (Fsp3) is 0.250. The van der Waals surface area contributed by atoms with Crippen LogP contribution in [0.3, 0.4) is 0 Å². The zero-order valence-electron chi connectivity index (χ0n) is 12.1. The minimum absolute atomic E-state index is 0.164. The molecule has 5 nitrogen and oxygen atoms in total. The Bertz CT molecular complexity index is 570. The van der Waals surface area contributed by atoms with Crippen molar-refractivity contribution in [1.29, 1.82) is 0 Å². The maximum Gasteiger partial charge on any atom is 0.261 e. The van der Waals surface area contributed by atoms with E-state index in [-0.39, 0.29) is 5.91 Å². The third kappa shape index (κ3) is 4.49. The van der Waals surface area contributed by atoms with Crippen LogP contribution in [0.25, 0.3) is 0 Å². The van der Waals surface area contributed by atoms with Gasteiger partial charge in [0.25, 0.3) is 5.91 Å². The number of pyridine rings is 1. The Kier molecular flexibility index (Phi) is 5.15. The Morgan fingerprint density at radius 2 is 1.76 bits per heavy atom. The Balaban J connectivity index is 1.84. The van der Waals surface area contributed by atoms with Gasteiger partial charge in [-0.3, -0.25) is 9.78 Å². The van der Waals surface area contributed by atoms with E-state index in [1.807, 2.05) is 12.1 Å². The van der Waals surface area contributed by atoms with Crippen LogP contribution < -0.4 is 14.8 Å². The number of ether oxygens (including phenoxy) is 2. The molecule has 0 aliphatic rings. The van der Waals surface area contributed by atoms with Crippen LogP contribution in [0.2, 0.25) is 0 Å². The van der Waals surface area contributed by atoms with E-state index >= 15 is 0 Å². The van der Waals surface area contributed by atoms with Crippen molar-refractivity contribution in [2.24, 2.45) is 0 Å². The smallest absolute Gasteiger partial charge is 0.261 e. The van der Waals surface area contributed by atoms with E-state index in [2.05, 4.69) is 10.3 Å². The van der Waals surface area contributed by atoms with Crippen molar-refractivity contribution < 1.29 is 14.3 Å². The van der Waals surface area contributed by atoms with Gasteiger partial charge in [-0.25, -0.2) is 0 Å². The summed E-state index contributed by atoms with van der Waals surface area (Å²) in [5.41, 5.74) is 0.995. The average molecular weight is 286 g/mol. The number of nitrogens with zero attached hydrogens (tertiary/aromatic N) is 1. The molecule has 1 amide bonds. The number of rotatable bonds is 6. The topological polar surface area (TPSA) is 60.5 Å². The molecule has 0 bridgehead atoms. The predicted octanol–water partition coefficient (Wildman–Crippen LogP) is 2.17. The lowest BCUT2D eigenvalue weighted by Crippen LogP contribution is -2.35. The molecule has 21 heavy (non-hydrogen) atoms. The Hall–Kier alpha value is -2.56. The fourth-order valence-corrected chi connectivity index (χ4v) is 1.75. The second-order valence-corrected chi connectivity index (χ2v) is 4.51. The normalized spacial score (nSPS) is 11.5. The molecule has 0 fully saturated rings. The lowest BCUT2D eigenvalue weighted by Gasteiger charge is -2.15. The fourth-order valence-electron chi connectivity index (χ4n) is 1.75. The SMILES string of the molecule is COc1ccc(OC(C)C(=O)NCc2ccncc2)cc1. The number of hydrogen-bond donors (Lipinski definition) is 1. The predicted molar refractivity (Wildman–Crippen MR) is 79.2 cm³/mol. The van der Waals surface area contributed by atoms with Gasteiger partial charge in [-0.2, -0.15) is 0 Å². The standard InChI is InChI=1S/C16H18N2O3/c1-12(21-15-5-3-14(20-2)4-6-15)16(19)18-11-13-7-9-17-10-8-13/h3-10,12H,11H2,1-2H3,(H,18,19). The van der Waals surface area contributed by atoms with Crippen LogP contribution in [0.5, 0.6) is 11.5 Å². The zero-order valence-corrected chi connectivity index (χ0v) is 12.1. The van der Waals surface area contributed by atoms with Crippen molar-refractivity contribution in [2.75, 3.05) is 7.11 Å². The summed E-state index contributed by atoms with van der Waals surface area (Å²) >= 11 is 0. The van der Waals surface area contributed by atoms with Gasteiger partial charge in [0.1, 0.15) is 11.5 Å². The average Bonchev–Trinajstić information content (AvgIpc) is 2.54. The van der Waals surface area contributed by atoms with Gasteiger partial charge in [0.15, 0.2) is 6.10 Å². The first-order valence-corrected chi connectivity index (χ1v) is 6.66. The van der Waals surface area contributed by atoms with Gasteiger partial charge >= 0.3 is 0 Å². The van der Waals surface area contributed by atoms with E-state index in [1.165, 1.54) is 0 Å². The number of nitrogens with one attached hydrogen (secondary N) is 1. The molecule has 5 heteroatoms. The molecule has 0 saturated carbocycles. The van der Waals surface area contributed by atoms with E-state index in [0.29, 0.717) is 12.3 Å². The second-order valence-electron chi connectivity index (χ2n) is 4.51. The van der Waals surface area contributed by atoms with Gasteiger partial charge in [-0.15, -0.1) is 0 Å². The Morgan fingerprint density at radius 1 is 1.14 bits per heavy atom. The van der Waals surface area contributed by atoms with Gasteiger partial charge in [0, 0.05) is 18.9 Å². The monoisotopic (exact) mass is 286 g/mol. The summed E-state index contributed by atoms with van der Waals surface area (Å²) in [6.45, 7) is 2.17. The number of carbonyl (C=O) groups excluding carboxylic acids is 1. The highest BCUT2D eigenvalue weighted by Gasteiger charge is 2.14. The summed E-state index contributed by atoms with van der Waals surface area (Å²) in [5.74, 6) is 1.21. The highest BCUT2D eigenvalue weighted by molar-refractivity contribution is 5.80. The quantitative estimate of drug-likeness (QED) is 0.884. The molecule has 1 aromatic carbocycles. The first kappa shape index (κ1) is 14.8. The summed E-state index contributed by atoms with van der Waals surface area (Å²) in [6, 6.07) is 10.8. The maximum atomic E-state index is 12.0. The van der Waals surface area contributed by atoms with Crippen LogP contribution in [-0.4, -0.2) is 24.1 Å². The minimum atomic E-state index is -0.569. The summed E-state index contributed by atoms with van der Waals surface area (Å²) < 4.78 is 10.7. The third-order valence-electron chi connectivity index (χ3n) is 2.96. The largest absolute Gasteiger partial charge is 0.497 e. The minimum Gasteiger partial charge on any atom is -0.497 e. The van der Waals surface area contributed by atoms with Crippen LogP contribution in [0.4, 0.5) is 0 Å². The molecule has 1 heterocycles. The highest BCUT2D eigenvalue weighted by atomic mass is 16.5. The Morgan fingerprint density at radius 3 is 2.38 bits per heavy atom. The van der Waals surface area contributed by atoms with Crippen LogP contribution >= 0.6 is 0 Å². The number of carbonyl (C=O) groups is 1. The molecule has 1 aromatic heterocycles. The van der Waals surface area contributed by atoms with Crippen LogP contribution in [-0.2, 0) is 11.3 Å². The highest BCUT2D eigenvalue weighted by Crippen LogP contribution is 2.18. The van der Waals surface area contributed by atoms with Crippen molar-refractivity contribution in [3.05, 3.63) is 54.4 Å². The lowest BCUT2D eigenvalue weighted by atomic mass is 10.2. The van der Waals surface area contributed by atoms with Crippen LogP contribution in [0, 0.1) is 0 Å². The molecule has 1 unspecified atom stereocenters. The molecular formula is C16H18N2O3. The van der Waals surface area contributed by atoms with Crippen molar-refractivity contribution in [2.45, 2.75) is 19.6 Å². The van der Waals surface area contributed by atoms with Gasteiger partial charge in [0.05, 0.1) is 7.11 Å². The van der Waals surface area contributed by atoms with Crippen molar-refractivity contribution in [3.63, 3.8) is 0 Å². The molecule has 2 rings (SSSR count). The molecule has 1 N–H and O–H groups in total. The molecular weight excluding hydrogens is 268 g/mol. The van der Waals surface area contributed by atoms with Crippen molar-refractivity contribution >= 4 is 5.91 Å². The first-order chi connectivity index (χ1) is 10.2. The zero-order chi connectivity index (χ0) is 15.1. The van der Waals surface area contributed by atoms with E-state index < -0.39 is 6.10 Å². The number of amides is 1. The molecule has 0 saturated heterocycles. The lowest BCUT2D eigenvalue weighted by molar-refractivity contribution is -0.127. The van der Waals surface area contributed by atoms with E-state index in [1.54, 1.807) is 50.7 Å². The second kappa shape index (κ2) is 7.28. The van der Waals surface area contributed by atoms with Gasteiger partial charge in [-0.1, -0.05) is 0 Å². The summed E-state index contributed by atoms with van der Waals surface area (Å²) in [4.78, 5) is 15.9. The molecule has 0 aliphatic carbocycles.